The second kappa shape index (κ2) is 6.01. The van der Waals surface area contributed by atoms with Crippen molar-refractivity contribution in [3.8, 4) is 0 Å². The molecular weight excluding hydrogens is 282 g/mol. The lowest BCUT2D eigenvalue weighted by Gasteiger charge is -2.40. The van der Waals surface area contributed by atoms with Crippen LogP contribution in [-0.2, 0) is 6.54 Å². The van der Waals surface area contributed by atoms with Gasteiger partial charge in [-0.25, -0.2) is 0 Å². The van der Waals surface area contributed by atoms with Gasteiger partial charge in [0.05, 0.1) is 6.04 Å². The Morgan fingerprint density at radius 3 is 2.70 bits per heavy atom. The maximum absolute atomic E-state index is 4.16. The van der Waals surface area contributed by atoms with Gasteiger partial charge in [-0.1, -0.05) is 35.9 Å². The lowest BCUT2D eigenvalue weighted by molar-refractivity contribution is 0.153. The second-order valence-electron chi connectivity index (χ2n) is 6.46. The number of aryl methyl sites for hydroxylation is 1. The molecule has 0 spiro atoms. The van der Waals surface area contributed by atoms with E-state index in [1.165, 1.54) is 27.6 Å². The Morgan fingerprint density at radius 2 is 1.87 bits per heavy atom. The number of fused-ring (bicyclic) bond motifs is 1. The molecule has 0 bridgehead atoms. The molecule has 2 heterocycles. The molecule has 1 aliphatic rings. The van der Waals surface area contributed by atoms with Crippen LogP contribution in [-0.4, -0.2) is 29.0 Å². The monoisotopic (exact) mass is 303 g/mol. The molecule has 23 heavy (non-hydrogen) atoms. The zero-order valence-electron chi connectivity index (χ0n) is 13.4. The Hall–Kier alpha value is -2.39. The van der Waals surface area contributed by atoms with Gasteiger partial charge in [0.25, 0.3) is 0 Å². The molecule has 1 aliphatic heterocycles. The predicted molar refractivity (Wildman–Crippen MR) is 95.6 cm³/mol. The number of benzene rings is 2. The van der Waals surface area contributed by atoms with Gasteiger partial charge < -0.3 is 5.32 Å². The van der Waals surface area contributed by atoms with Crippen molar-refractivity contribution in [2.24, 2.45) is 0 Å². The number of nitrogens with one attached hydrogen (secondary N) is 1. The minimum absolute atomic E-state index is 0.541. The van der Waals surface area contributed by atoms with Crippen molar-refractivity contribution in [3.63, 3.8) is 0 Å². The molecule has 0 saturated carbocycles. The number of hydrogen-bond acceptors (Lipinski definition) is 3. The zero-order valence-corrected chi connectivity index (χ0v) is 13.4. The molecule has 1 saturated heterocycles. The van der Waals surface area contributed by atoms with E-state index in [9.17, 15) is 0 Å². The Labute approximate surface area is 137 Å². The van der Waals surface area contributed by atoms with Crippen LogP contribution in [0.2, 0.25) is 0 Å². The van der Waals surface area contributed by atoms with Crippen molar-refractivity contribution >= 4 is 16.5 Å². The summed E-state index contributed by atoms with van der Waals surface area (Å²) in [5.41, 5.74) is 3.92. The molecule has 0 aliphatic carbocycles. The maximum atomic E-state index is 4.16. The summed E-state index contributed by atoms with van der Waals surface area (Å²) >= 11 is 0. The van der Waals surface area contributed by atoms with Gasteiger partial charge in [-0.05, 0) is 36.1 Å². The first-order valence-corrected chi connectivity index (χ1v) is 8.14. The number of likely N-dealkylation sites (tertiary alicyclic amines) is 1. The van der Waals surface area contributed by atoms with Crippen molar-refractivity contribution in [1.82, 2.24) is 9.88 Å². The van der Waals surface area contributed by atoms with E-state index in [2.05, 4.69) is 70.7 Å². The Bertz CT molecular complexity index is 804. The molecular formula is C20H21N3. The molecule has 2 aromatic carbocycles. The summed E-state index contributed by atoms with van der Waals surface area (Å²) in [5.74, 6) is 0. The number of pyridine rings is 1. The molecule has 0 atom stereocenters. The van der Waals surface area contributed by atoms with Crippen molar-refractivity contribution in [2.75, 3.05) is 18.4 Å². The van der Waals surface area contributed by atoms with Gasteiger partial charge in [-0.3, -0.25) is 9.88 Å². The van der Waals surface area contributed by atoms with Gasteiger partial charge in [-0.15, -0.1) is 0 Å². The van der Waals surface area contributed by atoms with Gasteiger partial charge in [0.1, 0.15) is 0 Å². The van der Waals surface area contributed by atoms with Crippen molar-refractivity contribution in [3.05, 3.63) is 72.1 Å². The van der Waals surface area contributed by atoms with E-state index in [1.54, 1.807) is 0 Å². The lowest BCUT2D eigenvalue weighted by atomic mass is 10.1. The van der Waals surface area contributed by atoms with Gasteiger partial charge in [0, 0.05) is 43.1 Å². The van der Waals surface area contributed by atoms with Gasteiger partial charge >= 0.3 is 0 Å². The largest absolute Gasteiger partial charge is 0.380 e. The smallest absolute Gasteiger partial charge is 0.0515 e. The molecule has 0 unspecified atom stereocenters. The van der Waals surface area contributed by atoms with E-state index in [-0.39, 0.29) is 0 Å². The lowest BCUT2D eigenvalue weighted by Crippen LogP contribution is -2.53. The maximum Gasteiger partial charge on any atom is 0.0515 e. The third-order valence-corrected chi connectivity index (χ3v) is 4.50. The predicted octanol–water partition coefficient (Wildman–Crippen LogP) is 3.84. The van der Waals surface area contributed by atoms with Crippen LogP contribution in [0, 0.1) is 6.92 Å². The average Bonchev–Trinajstić information content (AvgIpc) is 2.54. The van der Waals surface area contributed by atoms with Crippen LogP contribution in [0.5, 0.6) is 0 Å². The molecule has 3 heteroatoms. The summed E-state index contributed by atoms with van der Waals surface area (Å²) in [6.45, 7) is 5.37. The van der Waals surface area contributed by atoms with Gasteiger partial charge in [0.2, 0.25) is 0 Å². The number of rotatable bonds is 4. The third-order valence-electron chi connectivity index (χ3n) is 4.50. The standard InChI is InChI=1S/C20H21N3/c1-15-2-4-16(5-3-15)12-23-13-20(14-23)22-19-7-6-18-11-21-9-8-17(18)10-19/h2-11,20,22H,12-14H2,1H3. The Kier molecular flexibility index (Phi) is 3.72. The second-order valence-corrected chi connectivity index (χ2v) is 6.46. The van der Waals surface area contributed by atoms with E-state index in [0.717, 1.165) is 19.6 Å². The van der Waals surface area contributed by atoms with Crippen LogP contribution >= 0.6 is 0 Å². The molecule has 0 amide bonds. The highest BCUT2D eigenvalue weighted by molar-refractivity contribution is 5.84. The number of anilines is 1. The molecule has 116 valence electrons. The summed E-state index contributed by atoms with van der Waals surface area (Å²) in [7, 11) is 0. The van der Waals surface area contributed by atoms with Crippen LogP contribution in [0.3, 0.4) is 0 Å². The fourth-order valence-electron chi connectivity index (χ4n) is 3.15. The first kappa shape index (κ1) is 14.2. The fraction of sp³-hybridized carbons (Fsp3) is 0.250. The average molecular weight is 303 g/mol. The molecule has 3 nitrogen and oxygen atoms in total. The van der Waals surface area contributed by atoms with E-state index in [1.807, 2.05) is 12.4 Å². The van der Waals surface area contributed by atoms with E-state index < -0.39 is 0 Å². The van der Waals surface area contributed by atoms with Gasteiger partial charge in [-0.2, -0.15) is 0 Å². The van der Waals surface area contributed by atoms with E-state index >= 15 is 0 Å². The van der Waals surface area contributed by atoms with Crippen LogP contribution in [0.1, 0.15) is 11.1 Å². The van der Waals surface area contributed by atoms with Crippen LogP contribution < -0.4 is 5.32 Å². The number of hydrogen-bond donors (Lipinski definition) is 1. The highest BCUT2D eigenvalue weighted by atomic mass is 15.2. The molecule has 1 aromatic heterocycles. The summed E-state index contributed by atoms with van der Waals surface area (Å²) in [6.07, 6.45) is 3.75. The summed E-state index contributed by atoms with van der Waals surface area (Å²) < 4.78 is 0. The van der Waals surface area contributed by atoms with E-state index in [0.29, 0.717) is 6.04 Å². The minimum atomic E-state index is 0.541. The molecule has 1 N–H and O–H groups in total. The summed E-state index contributed by atoms with van der Waals surface area (Å²) in [4.78, 5) is 6.64. The van der Waals surface area contributed by atoms with Crippen LogP contribution in [0.4, 0.5) is 5.69 Å². The Balaban J connectivity index is 1.33. The van der Waals surface area contributed by atoms with Crippen LogP contribution in [0.15, 0.2) is 60.9 Å². The van der Waals surface area contributed by atoms with E-state index in [4.69, 9.17) is 0 Å². The van der Waals surface area contributed by atoms with Crippen LogP contribution in [0.25, 0.3) is 10.8 Å². The van der Waals surface area contributed by atoms with Crippen molar-refractivity contribution in [1.29, 1.82) is 0 Å². The summed E-state index contributed by atoms with van der Waals surface area (Å²) in [5, 5.41) is 6.06. The number of aromatic nitrogens is 1. The Morgan fingerprint density at radius 1 is 1.04 bits per heavy atom. The fourth-order valence-corrected chi connectivity index (χ4v) is 3.15. The minimum Gasteiger partial charge on any atom is -0.380 e. The number of nitrogens with zero attached hydrogens (tertiary/aromatic N) is 2. The quantitative estimate of drug-likeness (QED) is 0.794. The zero-order chi connectivity index (χ0) is 15.6. The topological polar surface area (TPSA) is 28.2 Å². The molecule has 4 rings (SSSR count). The van der Waals surface area contributed by atoms with Crippen molar-refractivity contribution < 1.29 is 0 Å². The highest BCUT2D eigenvalue weighted by Gasteiger charge is 2.26. The highest BCUT2D eigenvalue weighted by Crippen LogP contribution is 2.21. The third kappa shape index (κ3) is 3.20. The summed E-state index contributed by atoms with van der Waals surface area (Å²) in [6, 6.07) is 17.9. The first-order chi connectivity index (χ1) is 11.3. The normalized spacial score (nSPS) is 15.5. The van der Waals surface area contributed by atoms with Gasteiger partial charge in [0.15, 0.2) is 0 Å². The first-order valence-electron chi connectivity index (χ1n) is 8.14. The SMILES string of the molecule is Cc1ccc(CN2CC(Nc3ccc4cnccc4c3)C2)cc1. The molecule has 0 radical (unpaired) electrons. The van der Waals surface area contributed by atoms with Crippen molar-refractivity contribution in [2.45, 2.75) is 19.5 Å². The molecule has 1 fully saturated rings. The molecule has 3 aromatic rings.